The molecule has 1 fully saturated rings. The molecule has 2 aromatic carbocycles. The Morgan fingerprint density at radius 2 is 1.57 bits per heavy atom. The van der Waals surface area contributed by atoms with Crippen molar-refractivity contribution in [1.82, 2.24) is 9.88 Å². The Labute approximate surface area is 204 Å². The fraction of sp³-hybridized carbons (Fsp3) is 0.296. The van der Waals surface area contributed by atoms with Gasteiger partial charge >= 0.3 is 6.09 Å². The van der Waals surface area contributed by atoms with Gasteiger partial charge in [0.25, 0.3) is 0 Å². The number of ether oxygens (including phenoxy) is 2. The second kappa shape index (κ2) is 10.0. The lowest BCUT2D eigenvalue weighted by molar-refractivity contribution is 0.0240. The SMILES string of the molecule is CC(C)(C)OC(=O)N1CCN(c2cc(C#N)nc(-c3ccc(Oc4ccc(F)cc4)cc3)c2)CC1. The van der Waals surface area contributed by atoms with Gasteiger partial charge in [-0.1, -0.05) is 0 Å². The number of piperazine rings is 1. The molecule has 0 radical (unpaired) electrons. The lowest BCUT2D eigenvalue weighted by Gasteiger charge is -2.36. The molecular formula is C27H27FN4O3. The highest BCUT2D eigenvalue weighted by Crippen LogP contribution is 2.28. The third-order valence-electron chi connectivity index (χ3n) is 5.42. The number of hydrogen-bond donors (Lipinski definition) is 0. The highest BCUT2D eigenvalue weighted by Gasteiger charge is 2.26. The van der Waals surface area contributed by atoms with Crippen LogP contribution >= 0.6 is 0 Å². The zero-order valence-electron chi connectivity index (χ0n) is 20.0. The first-order valence-corrected chi connectivity index (χ1v) is 11.4. The van der Waals surface area contributed by atoms with Crippen LogP contribution in [-0.2, 0) is 4.74 Å². The van der Waals surface area contributed by atoms with Gasteiger partial charge < -0.3 is 19.3 Å². The third-order valence-corrected chi connectivity index (χ3v) is 5.42. The van der Waals surface area contributed by atoms with Gasteiger partial charge in [-0.2, -0.15) is 5.26 Å². The minimum Gasteiger partial charge on any atom is -0.457 e. The van der Waals surface area contributed by atoms with Crippen molar-refractivity contribution in [3.05, 3.63) is 72.2 Å². The standard InChI is InChI=1S/C27H27FN4O3/c1-27(2,3)35-26(33)32-14-12-31(13-15-32)22-16-21(18-29)30-25(17-22)19-4-8-23(9-5-19)34-24-10-6-20(28)7-11-24/h4-11,16-17H,12-15H2,1-3H3. The molecule has 7 nitrogen and oxygen atoms in total. The number of aromatic nitrogens is 1. The number of carbonyl (C=O) groups is 1. The van der Waals surface area contributed by atoms with Crippen LogP contribution in [-0.4, -0.2) is 47.8 Å². The zero-order chi connectivity index (χ0) is 25.0. The molecule has 2 heterocycles. The molecule has 3 aromatic rings. The van der Waals surface area contributed by atoms with E-state index >= 15 is 0 Å². The molecule has 1 aliphatic rings. The van der Waals surface area contributed by atoms with Gasteiger partial charge in [0.05, 0.1) is 5.69 Å². The largest absolute Gasteiger partial charge is 0.457 e. The normalized spacial score (nSPS) is 13.8. The molecule has 0 saturated carbocycles. The first-order chi connectivity index (χ1) is 16.7. The Hall–Kier alpha value is -4.12. The monoisotopic (exact) mass is 474 g/mol. The summed E-state index contributed by atoms with van der Waals surface area (Å²) in [5.74, 6) is 0.824. The smallest absolute Gasteiger partial charge is 0.410 e. The van der Waals surface area contributed by atoms with E-state index in [-0.39, 0.29) is 11.9 Å². The summed E-state index contributed by atoms with van der Waals surface area (Å²) in [5.41, 5.74) is 2.17. The van der Waals surface area contributed by atoms with Gasteiger partial charge in [0, 0.05) is 37.4 Å². The molecule has 1 aromatic heterocycles. The summed E-state index contributed by atoms with van der Waals surface area (Å²) in [6, 6.07) is 19.0. The first-order valence-electron chi connectivity index (χ1n) is 11.4. The summed E-state index contributed by atoms with van der Waals surface area (Å²) in [6.07, 6.45) is -0.312. The number of nitriles is 1. The molecule has 0 aliphatic carbocycles. The minimum atomic E-state index is -0.532. The van der Waals surface area contributed by atoms with Gasteiger partial charge in [-0.15, -0.1) is 0 Å². The minimum absolute atomic E-state index is 0.312. The van der Waals surface area contributed by atoms with Gasteiger partial charge in [0.2, 0.25) is 0 Å². The number of halogens is 1. The van der Waals surface area contributed by atoms with Crippen LogP contribution in [0.5, 0.6) is 11.5 Å². The lowest BCUT2D eigenvalue weighted by Crippen LogP contribution is -2.50. The van der Waals surface area contributed by atoms with Crippen molar-refractivity contribution in [3.63, 3.8) is 0 Å². The van der Waals surface area contributed by atoms with Crippen molar-refractivity contribution in [2.75, 3.05) is 31.1 Å². The van der Waals surface area contributed by atoms with E-state index in [9.17, 15) is 14.4 Å². The molecule has 1 aliphatic heterocycles. The summed E-state index contributed by atoms with van der Waals surface area (Å²) in [6.45, 7) is 7.86. The van der Waals surface area contributed by atoms with Crippen LogP contribution in [0.1, 0.15) is 26.5 Å². The van der Waals surface area contributed by atoms with Crippen LogP contribution in [0.15, 0.2) is 60.7 Å². The fourth-order valence-electron chi connectivity index (χ4n) is 3.71. The second-order valence-electron chi connectivity index (χ2n) is 9.24. The average Bonchev–Trinajstić information content (AvgIpc) is 2.84. The molecule has 8 heteroatoms. The molecule has 4 rings (SSSR count). The van der Waals surface area contributed by atoms with Crippen LogP contribution < -0.4 is 9.64 Å². The molecule has 1 saturated heterocycles. The van der Waals surface area contributed by atoms with Gasteiger partial charge in [-0.05, 0) is 81.4 Å². The van der Waals surface area contributed by atoms with Crippen molar-refractivity contribution in [1.29, 1.82) is 5.26 Å². The van der Waals surface area contributed by atoms with Crippen molar-refractivity contribution >= 4 is 11.8 Å². The molecule has 0 N–H and O–H groups in total. The number of rotatable bonds is 4. The number of pyridine rings is 1. The maximum absolute atomic E-state index is 13.1. The van der Waals surface area contributed by atoms with Gasteiger partial charge in [-0.3, -0.25) is 0 Å². The van der Waals surface area contributed by atoms with Crippen molar-refractivity contribution in [2.45, 2.75) is 26.4 Å². The molecule has 0 spiro atoms. The first kappa shape index (κ1) is 24.0. The predicted molar refractivity (Wildman–Crippen MR) is 131 cm³/mol. The van der Waals surface area contributed by atoms with Crippen molar-refractivity contribution < 1.29 is 18.7 Å². The summed E-state index contributed by atoms with van der Waals surface area (Å²) >= 11 is 0. The van der Waals surface area contributed by atoms with E-state index in [4.69, 9.17) is 9.47 Å². The molecule has 0 atom stereocenters. The van der Waals surface area contributed by atoms with Crippen LogP contribution in [0, 0.1) is 17.1 Å². The Bertz CT molecular complexity index is 1220. The van der Waals surface area contributed by atoms with E-state index in [1.165, 1.54) is 12.1 Å². The lowest BCUT2D eigenvalue weighted by atomic mass is 10.1. The quantitative estimate of drug-likeness (QED) is 0.489. The van der Waals surface area contributed by atoms with Crippen LogP contribution in [0.2, 0.25) is 0 Å². The molecule has 180 valence electrons. The van der Waals surface area contributed by atoms with Crippen LogP contribution in [0.3, 0.4) is 0 Å². The Morgan fingerprint density at radius 1 is 0.971 bits per heavy atom. The maximum Gasteiger partial charge on any atom is 0.410 e. The molecule has 35 heavy (non-hydrogen) atoms. The molecular weight excluding hydrogens is 447 g/mol. The van der Waals surface area contributed by atoms with Crippen molar-refractivity contribution in [3.8, 4) is 28.8 Å². The zero-order valence-corrected chi connectivity index (χ0v) is 20.0. The highest BCUT2D eigenvalue weighted by molar-refractivity contribution is 5.70. The number of hydrogen-bond acceptors (Lipinski definition) is 6. The summed E-state index contributed by atoms with van der Waals surface area (Å²) < 4.78 is 24.3. The number of amides is 1. The van der Waals surface area contributed by atoms with Crippen LogP contribution in [0.4, 0.5) is 14.9 Å². The fourth-order valence-corrected chi connectivity index (χ4v) is 3.71. The number of benzene rings is 2. The third kappa shape index (κ3) is 6.27. The summed E-state index contributed by atoms with van der Waals surface area (Å²) in [7, 11) is 0. The van der Waals surface area contributed by atoms with E-state index in [2.05, 4.69) is 16.0 Å². The maximum atomic E-state index is 13.1. The second-order valence-corrected chi connectivity index (χ2v) is 9.24. The van der Waals surface area contributed by atoms with E-state index in [1.54, 1.807) is 35.2 Å². The Balaban J connectivity index is 1.47. The van der Waals surface area contributed by atoms with E-state index in [0.717, 1.165) is 11.3 Å². The number of nitrogens with zero attached hydrogens (tertiary/aromatic N) is 4. The Kier molecular flexibility index (Phi) is 6.87. The van der Waals surface area contributed by atoms with Crippen LogP contribution in [0.25, 0.3) is 11.3 Å². The van der Waals surface area contributed by atoms with Gasteiger partial charge in [0.1, 0.15) is 34.7 Å². The van der Waals surface area contributed by atoms with E-state index < -0.39 is 5.60 Å². The van der Waals surface area contributed by atoms with Gasteiger partial charge in [0.15, 0.2) is 0 Å². The number of carbonyl (C=O) groups excluding carboxylic acids is 1. The average molecular weight is 475 g/mol. The predicted octanol–water partition coefficient (Wildman–Crippen LogP) is 5.61. The summed E-state index contributed by atoms with van der Waals surface area (Å²) in [5, 5.41) is 9.54. The van der Waals surface area contributed by atoms with E-state index in [0.29, 0.717) is 49.1 Å². The highest BCUT2D eigenvalue weighted by atomic mass is 19.1. The summed E-state index contributed by atoms with van der Waals surface area (Å²) in [4.78, 5) is 20.7. The van der Waals surface area contributed by atoms with Crippen molar-refractivity contribution in [2.24, 2.45) is 0 Å². The topological polar surface area (TPSA) is 78.7 Å². The molecule has 0 unspecified atom stereocenters. The Morgan fingerprint density at radius 3 is 2.14 bits per heavy atom. The number of anilines is 1. The molecule has 1 amide bonds. The van der Waals surface area contributed by atoms with Gasteiger partial charge in [-0.25, -0.2) is 14.2 Å². The van der Waals surface area contributed by atoms with E-state index in [1.807, 2.05) is 39.0 Å². The molecule has 0 bridgehead atoms.